The summed E-state index contributed by atoms with van der Waals surface area (Å²) in [6.45, 7) is 2.59. The third-order valence-corrected chi connectivity index (χ3v) is 3.90. The van der Waals surface area contributed by atoms with E-state index in [0.717, 1.165) is 35.1 Å². The van der Waals surface area contributed by atoms with Crippen LogP contribution in [0.15, 0.2) is 34.4 Å². The van der Waals surface area contributed by atoms with Crippen LogP contribution >= 0.6 is 11.8 Å². The molecule has 2 rings (SSSR count). The largest absolute Gasteiger partial charge is 0.361 e. The first-order chi connectivity index (χ1) is 10.6. The Morgan fingerprint density at radius 2 is 2.05 bits per heavy atom. The summed E-state index contributed by atoms with van der Waals surface area (Å²) in [7, 11) is 0. The van der Waals surface area contributed by atoms with E-state index in [2.05, 4.69) is 20.8 Å². The van der Waals surface area contributed by atoms with E-state index in [4.69, 9.17) is 5.73 Å². The highest BCUT2D eigenvalue weighted by Crippen LogP contribution is 2.17. The lowest BCUT2D eigenvalue weighted by Gasteiger charge is -2.13. The van der Waals surface area contributed by atoms with Crippen molar-refractivity contribution in [3.8, 4) is 0 Å². The monoisotopic (exact) mass is 319 g/mol. The van der Waals surface area contributed by atoms with Crippen LogP contribution in [0.3, 0.4) is 0 Å². The summed E-state index contributed by atoms with van der Waals surface area (Å²) in [5, 5.41) is 8.01. The van der Waals surface area contributed by atoms with Crippen LogP contribution < -0.4 is 16.5 Å². The highest BCUT2D eigenvalue weighted by Gasteiger charge is 2.08. The summed E-state index contributed by atoms with van der Waals surface area (Å²) in [4.78, 5) is 26.0. The Morgan fingerprint density at radius 1 is 1.32 bits per heavy atom. The van der Waals surface area contributed by atoms with Crippen LogP contribution in [0.4, 0.5) is 5.69 Å². The number of hydrazone groups is 1. The predicted molar refractivity (Wildman–Crippen MR) is 89.0 cm³/mol. The number of benzene rings is 1. The standard InChI is InChI=1S/C14H17N5O2S/c1-9(18-19-13(21)12(15)20)10-3-5-11(6-4-10)17-14-16-7-2-8-22-14/h3-6H,2,7-8H2,1H3,(H2,15,20)(H,16,17)(H,19,21)/b18-9-. The first-order valence-electron chi connectivity index (χ1n) is 6.75. The summed E-state index contributed by atoms with van der Waals surface area (Å²) in [5.41, 5.74) is 9.26. The van der Waals surface area contributed by atoms with Crippen molar-refractivity contribution in [1.29, 1.82) is 0 Å². The molecule has 22 heavy (non-hydrogen) atoms. The number of nitrogens with zero attached hydrogens (tertiary/aromatic N) is 2. The van der Waals surface area contributed by atoms with Crippen molar-refractivity contribution in [2.45, 2.75) is 13.3 Å². The maximum atomic E-state index is 11.0. The molecule has 1 aliphatic rings. The average molecular weight is 319 g/mol. The van der Waals surface area contributed by atoms with Gasteiger partial charge in [-0.15, -0.1) is 0 Å². The van der Waals surface area contributed by atoms with Gasteiger partial charge in [0.25, 0.3) is 0 Å². The summed E-state index contributed by atoms with van der Waals surface area (Å²) >= 11 is 1.71. The molecule has 1 aromatic rings. The molecule has 8 heteroatoms. The Bertz CT molecular complexity index is 625. The molecule has 0 atom stereocenters. The van der Waals surface area contributed by atoms with Crippen LogP contribution in [0.1, 0.15) is 18.9 Å². The number of hydrogen-bond acceptors (Lipinski definition) is 6. The molecule has 0 spiro atoms. The zero-order valence-electron chi connectivity index (χ0n) is 12.1. The van der Waals surface area contributed by atoms with E-state index in [0.29, 0.717) is 5.71 Å². The minimum absolute atomic E-state index is 0.575. The minimum Gasteiger partial charge on any atom is -0.361 e. The van der Waals surface area contributed by atoms with E-state index >= 15 is 0 Å². The molecule has 0 fully saturated rings. The number of thioether (sulfide) groups is 1. The highest BCUT2D eigenvalue weighted by atomic mass is 32.2. The Hall–Kier alpha value is -2.35. The molecule has 7 nitrogen and oxygen atoms in total. The van der Waals surface area contributed by atoms with E-state index in [1.54, 1.807) is 18.7 Å². The Balaban J connectivity index is 1.98. The molecule has 0 bridgehead atoms. The fraction of sp³-hybridized carbons (Fsp3) is 0.286. The molecule has 2 amide bonds. The average Bonchev–Trinajstić information content (AvgIpc) is 2.54. The molecule has 0 radical (unpaired) electrons. The van der Waals surface area contributed by atoms with Crippen molar-refractivity contribution in [3.63, 3.8) is 0 Å². The number of amides is 2. The van der Waals surface area contributed by atoms with Crippen LogP contribution in [0.2, 0.25) is 0 Å². The molecule has 0 aliphatic carbocycles. The van der Waals surface area contributed by atoms with E-state index in [-0.39, 0.29) is 0 Å². The molecule has 4 N–H and O–H groups in total. The fourth-order valence-electron chi connectivity index (χ4n) is 1.71. The van der Waals surface area contributed by atoms with Crippen LogP contribution in [-0.4, -0.2) is 35.0 Å². The predicted octanol–water partition coefficient (Wildman–Crippen LogP) is 0.917. The number of rotatable bonds is 3. The third-order valence-electron chi connectivity index (χ3n) is 2.90. The summed E-state index contributed by atoms with van der Waals surface area (Å²) in [5.74, 6) is -0.929. The zero-order valence-corrected chi connectivity index (χ0v) is 12.9. The Kier molecular flexibility index (Phi) is 5.54. The highest BCUT2D eigenvalue weighted by molar-refractivity contribution is 8.14. The molecule has 0 saturated heterocycles. The number of nitrogens with two attached hydrogens (primary N) is 1. The van der Waals surface area contributed by atoms with Gasteiger partial charge in [0.05, 0.1) is 5.71 Å². The van der Waals surface area contributed by atoms with Gasteiger partial charge in [0.1, 0.15) is 0 Å². The van der Waals surface area contributed by atoms with Gasteiger partial charge < -0.3 is 11.1 Å². The molecule has 0 unspecified atom stereocenters. The van der Waals surface area contributed by atoms with Crippen molar-refractivity contribution >= 4 is 40.1 Å². The first-order valence-corrected chi connectivity index (χ1v) is 7.73. The molecule has 116 valence electrons. The zero-order chi connectivity index (χ0) is 15.9. The Labute approximate surface area is 132 Å². The van der Waals surface area contributed by atoms with Gasteiger partial charge in [-0.05, 0) is 31.0 Å². The van der Waals surface area contributed by atoms with Gasteiger partial charge >= 0.3 is 11.8 Å². The second-order valence-corrected chi connectivity index (χ2v) is 5.68. The van der Waals surface area contributed by atoms with Gasteiger partial charge in [-0.3, -0.25) is 14.6 Å². The van der Waals surface area contributed by atoms with Crippen molar-refractivity contribution in [3.05, 3.63) is 29.8 Å². The molecule has 1 aromatic carbocycles. The lowest BCUT2D eigenvalue weighted by molar-refractivity contribution is -0.137. The number of anilines is 1. The van der Waals surface area contributed by atoms with Gasteiger partial charge in [-0.25, -0.2) is 5.43 Å². The SMILES string of the molecule is C/C(=N/NC(=O)C(N)=O)c1ccc(NC2=NCCCS2)cc1. The number of hydrogen-bond donors (Lipinski definition) is 3. The van der Waals surface area contributed by atoms with Crippen LogP contribution in [0.25, 0.3) is 0 Å². The smallest absolute Gasteiger partial charge is 0.329 e. The van der Waals surface area contributed by atoms with Crippen LogP contribution in [-0.2, 0) is 9.59 Å². The maximum Gasteiger partial charge on any atom is 0.329 e. The van der Waals surface area contributed by atoms with E-state index in [1.807, 2.05) is 24.3 Å². The summed E-state index contributed by atoms with van der Waals surface area (Å²) in [6, 6.07) is 7.54. The summed E-state index contributed by atoms with van der Waals surface area (Å²) in [6.07, 6.45) is 1.11. The molecular formula is C14H17N5O2S. The number of aliphatic imine (C=N–C) groups is 1. The van der Waals surface area contributed by atoms with E-state index in [1.165, 1.54) is 0 Å². The molecule has 0 aromatic heterocycles. The number of amidine groups is 1. The first kappa shape index (κ1) is 16.0. The second-order valence-electron chi connectivity index (χ2n) is 4.59. The normalized spacial score (nSPS) is 15.0. The molecular weight excluding hydrogens is 302 g/mol. The number of primary amides is 1. The molecule has 0 saturated carbocycles. The van der Waals surface area contributed by atoms with Gasteiger partial charge in [-0.1, -0.05) is 23.9 Å². The van der Waals surface area contributed by atoms with Gasteiger partial charge in [0.2, 0.25) is 0 Å². The van der Waals surface area contributed by atoms with Gasteiger partial charge in [0, 0.05) is 18.0 Å². The van der Waals surface area contributed by atoms with Gasteiger partial charge in [-0.2, -0.15) is 5.10 Å². The van der Waals surface area contributed by atoms with Crippen LogP contribution in [0, 0.1) is 0 Å². The molecule has 1 heterocycles. The van der Waals surface area contributed by atoms with Gasteiger partial charge in [0.15, 0.2) is 5.17 Å². The number of carbonyl (C=O) groups is 2. The Morgan fingerprint density at radius 3 is 2.64 bits per heavy atom. The number of nitrogens with one attached hydrogen (secondary N) is 2. The van der Waals surface area contributed by atoms with Crippen LogP contribution in [0.5, 0.6) is 0 Å². The number of carbonyl (C=O) groups excluding carboxylic acids is 2. The topological polar surface area (TPSA) is 109 Å². The fourth-order valence-corrected chi connectivity index (χ4v) is 2.55. The van der Waals surface area contributed by atoms with E-state index < -0.39 is 11.8 Å². The summed E-state index contributed by atoms with van der Waals surface area (Å²) < 4.78 is 0. The third kappa shape index (κ3) is 4.59. The lowest BCUT2D eigenvalue weighted by Crippen LogP contribution is -2.33. The lowest BCUT2D eigenvalue weighted by atomic mass is 10.1. The molecule has 1 aliphatic heterocycles. The van der Waals surface area contributed by atoms with Crippen molar-refractivity contribution in [2.75, 3.05) is 17.6 Å². The van der Waals surface area contributed by atoms with Crippen molar-refractivity contribution < 1.29 is 9.59 Å². The van der Waals surface area contributed by atoms with Crippen molar-refractivity contribution in [2.24, 2.45) is 15.8 Å². The van der Waals surface area contributed by atoms with Crippen molar-refractivity contribution in [1.82, 2.24) is 5.43 Å². The minimum atomic E-state index is -1.07. The quantitative estimate of drug-likeness (QED) is 0.437. The second kappa shape index (κ2) is 7.60. The maximum absolute atomic E-state index is 11.0. The van der Waals surface area contributed by atoms with E-state index in [9.17, 15) is 9.59 Å².